The number of halogens is 1. The second-order valence-electron chi connectivity index (χ2n) is 4.43. The molecule has 1 aromatic carbocycles. The fraction of sp³-hybridized carbons (Fsp3) is 0.462. The van der Waals surface area contributed by atoms with E-state index in [1.54, 1.807) is 0 Å². The monoisotopic (exact) mass is 328 g/mol. The lowest BCUT2D eigenvalue weighted by Gasteiger charge is -2.14. The van der Waals surface area contributed by atoms with E-state index in [4.69, 9.17) is 17.0 Å². The Morgan fingerprint density at radius 1 is 1.56 bits per heavy atom. The lowest BCUT2D eigenvalue weighted by molar-refractivity contribution is 0.114. The van der Waals surface area contributed by atoms with Crippen LogP contribution in [0.15, 0.2) is 22.7 Å². The van der Waals surface area contributed by atoms with Crippen molar-refractivity contribution in [2.45, 2.75) is 25.9 Å². The third kappa shape index (κ3) is 3.93. The second kappa shape index (κ2) is 6.50. The van der Waals surface area contributed by atoms with Gasteiger partial charge in [0.1, 0.15) is 0 Å². The van der Waals surface area contributed by atoms with Gasteiger partial charge in [-0.05, 0) is 55.7 Å². The number of hydrogen-bond donors (Lipinski definition) is 2. The number of hydrogen-bond acceptors (Lipinski definition) is 2. The number of rotatable bonds is 3. The molecule has 2 rings (SSSR count). The Morgan fingerprint density at radius 3 is 3.06 bits per heavy atom. The van der Waals surface area contributed by atoms with Gasteiger partial charge in [-0.25, -0.2) is 0 Å². The molecule has 1 aromatic rings. The summed E-state index contributed by atoms with van der Waals surface area (Å²) in [7, 11) is 0. The van der Waals surface area contributed by atoms with Crippen LogP contribution in [-0.4, -0.2) is 24.4 Å². The van der Waals surface area contributed by atoms with Crippen LogP contribution in [0.3, 0.4) is 0 Å². The van der Waals surface area contributed by atoms with Crippen molar-refractivity contribution in [3.63, 3.8) is 0 Å². The first kappa shape index (κ1) is 13.8. The highest BCUT2D eigenvalue weighted by atomic mass is 79.9. The summed E-state index contributed by atoms with van der Waals surface area (Å²) in [5.41, 5.74) is 2.18. The minimum absolute atomic E-state index is 0.302. The van der Waals surface area contributed by atoms with Crippen LogP contribution in [0.25, 0.3) is 0 Å². The van der Waals surface area contributed by atoms with Gasteiger partial charge in [-0.15, -0.1) is 0 Å². The number of thiocarbonyl (C=S) groups is 1. The molecule has 1 heterocycles. The molecule has 0 spiro atoms. The molecular formula is C13H17BrN2OS. The molecule has 1 aliphatic rings. The highest BCUT2D eigenvalue weighted by Crippen LogP contribution is 2.19. The lowest BCUT2D eigenvalue weighted by Crippen LogP contribution is -2.34. The summed E-state index contributed by atoms with van der Waals surface area (Å²) in [6.07, 6.45) is 2.57. The van der Waals surface area contributed by atoms with E-state index in [1.807, 2.05) is 12.1 Å². The molecule has 1 aliphatic heterocycles. The minimum Gasteiger partial charge on any atom is -0.376 e. The van der Waals surface area contributed by atoms with E-state index in [-0.39, 0.29) is 0 Å². The molecule has 0 bridgehead atoms. The van der Waals surface area contributed by atoms with Crippen molar-refractivity contribution in [3.05, 3.63) is 28.2 Å². The van der Waals surface area contributed by atoms with Crippen LogP contribution in [0, 0.1) is 6.92 Å². The Labute approximate surface area is 121 Å². The van der Waals surface area contributed by atoms with E-state index in [0.29, 0.717) is 11.2 Å². The fourth-order valence-electron chi connectivity index (χ4n) is 1.91. The van der Waals surface area contributed by atoms with Crippen LogP contribution in [0.1, 0.15) is 18.4 Å². The zero-order valence-electron chi connectivity index (χ0n) is 10.3. The Morgan fingerprint density at radius 2 is 2.39 bits per heavy atom. The predicted octanol–water partition coefficient (Wildman–Crippen LogP) is 3.22. The molecule has 5 heteroatoms. The molecule has 2 N–H and O–H groups in total. The number of benzene rings is 1. The van der Waals surface area contributed by atoms with E-state index in [1.165, 1.54) is 5.56 Å². The Bertz CT molecular complexity index is 433. The fourth-order valence-corrected chi connectivity index (χ4v) is 2.36. The van der Waals surface area contributed by atoms with Gasteiger partial charge in [-0.3, -0.25) is 0 Å². The molecule has 0 amide bonds. The minimum atomic E-state index is 0.302. The van der Waals surface area contributed by atoms with Crippen molar-refractivity contribution in [2.24, 2.45) is 0 Å². The van der Waals surface area contributed by atoms with E-state index in [2.05, 4.69) is 39.6 Å². The van der Waals surface area contributed by atoms with Crippen molar-refractivity contribution in [1.29, 1.82) is 0 Å². The van der Waals surface area contributed by atoms with Crippen LogP contribution < -0.4 is 10.6 Å². The van der Waals surface area contributed by atoms with Crippen LogP contribution >= 0.6 is 28.1 Å². The Balaban J connectivity index is 1.80. The van der Waals surface area contributed by atoms with Crippen LogP contribution in [0.5, 0.6) is 0 Å². The zero-order chi connectivity index (χ0) is 13.0. The Kier molecular flexibility index (Phi) is 4.97. The van der Waals surface area contributed by atoms with Gasteiger partial charge in [-0.2, -0.15) is 0 Å². The quantitative estimate of drug-likeness (QED) is 0.835. The average Bonchev–Trinajstić information content (AvgIpc) is 2.84. The van der Waals surface area contributed by atoms with Gasteiger partial charge in [0, 0.05) is 23.3 Å². The van der Waals surface area contributed by atoms with E-state index in [0.717, 1.165) is 36.2 Å². The maximum Gasteiger partial charge on any atom is 0.170 e. The highest BCUT2D eigenvalue weighted by molar-refractivity contribution is 9.10. The van der Waals surface area contributed by atoms with Gasteiger partial charge in [0.25, 0.3) is 0 Å². The summed E-state index contributed by atoms with van der Waals surface area (Å²) in [6.45, 7) is 3.71. The molecule has 0 radical (unpaired) electrons. The number of aryl methyl sites for hydroxylation is 1. The third-order valence-electron chi connectivity index (χ3n) is 2.93. The average molecular weight is 329 g/mol. The molecule has 3 nitrogen and oxygen atoms in total. The topological polar surface area (TPSA) is 33.3 Å². The number of nitrogens with one attached hydrogen (secondary N) is 2. The number of ether oxygens (including phenoxy) is 1. The SMILES string of the molecule is Cc1cc(NC(=S)NC[C@@H]2CCCO2)ccc1Br. The first-order valence-corrected chi connectivity index (χ1v) is 7.28. The van der Waals surface area contributed by atoms with Crippen molar-refractivity contribution in [2.75, 3.05) is 18.5 Å². The van der Waals surface area contributed by atoms with Crippen molar-refractivity contribution in [3.8, 4) is 0 Å². The first-order valence-electron chi connectivity index (χ1n) is 6.08. The van der Waals surface area contributed by atoms with E-state index < -0.39 is 0 Å². The van der Waals surface area contributed by atoms with Crippen LogP contribution in [0.2, 0.25) is 0 Å². The molecule has 0 saturated carbocycles. The van der Waals surface area contributed by atoms with E-state index in [9.17, 15) is 0 Å². The van der Waals surface area contributed by atoms with Gasteiger partial charge in [0.2, 0.25) is 0 Å². The molecule has 1 atom stereocenters. The zero-order valence-corrected chi connectivity index (χ0v) is 12.7. The molecular weight excluding hydrogens is 312 g/mol. The maximum atomic E-state index is 5.53. The summed E-state index contributed by atoms with van der Waals surface area (Å²) >= 11 is 8.74. The van der Waals surface area contributed by atoms with Gasteiger partial charge >= 0.3 is 0 Å². The Hall–Kier alpha value is -0.650. The van der Waals surface area contributed by atoms with Gasteiger partial charge < -0.3 is 15.4 Å². The molecule has 0 aromatic heterocycles. The molecule has 1 fully saturated rings. The largest absolute Gasteiger partial charge is 0.376 e. The molecule has 18 heavy (non-hydrogen) atoms. The van der Waals surface area contributed by atoms with Gasteiger partial charge in [-0.1, -0.05) is 15.9 Å². The summed E-state index contributed by atoms with van der Waals surface area (Å²) in [6, 6.07) is 6.07. The van der Waals surface area contributed by atoms with Gasteiger partial charge in [0.05, 0.1) is 6.10 Å². The molecule has 0 unspecified atom stereocenters. The van der Waals surface area contributed by atoms with Crippen LogP contribution in [-0.2, 0) is 4.74 Å². The maximum absolute atomic E-state index is 5.53. The number of anilines is 1. The molecule has 1 saturated heterocycles. The molecule has 98 valence electrons. The summed E-state index contributed by atoms with van der Waals surface area (Å²) in [4.78, 5) is 0. The van der Waals surface area contributed by atoms with Crippen molar-refractivity contribution in [1.82, 2.24) is 5.32 Å². The summed E-state index contributed by atoms with van der Waals surface area (Å²) < 4.78 is 6.64. The van der Waals surface area contributed by atoms with Gasteiger partial charge in [0.15, 0.2) is 5.11 Å². The lowest BCUT2D eigenvalue weighted by atomic mass is 10.2. The summed E-state index contributed by atoms with van der Waals surface area (Å²) in [5, 5.41) is 7.01. The summed E-state index contributed by atoms with van der Waals surface area (Å²) in [5.74, 6) is 0. The molecule has 0 aliphatic carbocycles. The third-order valence-corrected chi connectivity index (χ3v) is 4.07. The smallest absolute Gasteiger partial charge is 0.170 e. The first-order chi connectivity index (χ1) is 8.65. The standard InChI is InChI=1S/C13H17BrN2OS/c1-9-7-10(4-5-12(9)14)16-13(18)15-8-11-3-2-6-17-11/h4-5,7,11H,2-3,6,8H2,1H3,(H2,15,16,18)/t11-/m0/s1. The highest BCUT2D eigenvalue weighted by Gasteiger charge is 2.15. The van der Waals surface area contributed by atoms with Crippen molar-refractivity contribution >= 4 is 38.9 Å². The second-order valence-corrected chi connectivity index (χ2v) is 5.70. The van der Waals surface area contributed by atoms with Crippen molar-refractivity contribution < 1.29 is 4.74 Å². The van der Waals surface area contributed by atoms with Crippen LogP contribution in [0.4, 0.5) is 5.69 Å². The van der Waals surface area contributed by atoms with E-state index >= 15 is 0 Å². The normalized spacial score (nSPS) is 18.7. The predicted molar refractivity (Wildman–Crippen MR) is 82.1 cm³/mol.